The SMILES string of the molecule is Cc1nc(C(N)c2cscn2)cs1. The van der Waals surface area contributed by atoms with Crippen molar-refractivity contribution in [2.24, 2.45) is 5.73 Å². The van der Waals surface area contributed by atoms with Crippen LogP contribution >= 0.6 is 22.7 Å². The van der Waals surface area contributed by atoms with E-state index in [0.29, 0.717) is 0 Å². The molecule has 2 aromatic heterocycles. The maximum Gasteiger partial charge on any atom is 0.0917 e. The fraction of sp³-hybridized carbons (Fsp3) is 0.250. The van der Waals surface area contributed by atoms with E-state index in [1.54, 1.807) is 28.2 Å². The molecule has 0 aliphatic carbocycles. The molecule has 0 fully saturated rings. The fourth-order valence-electron chi connectivity index (χ4n) is 1.05. The molecule has 68 valence electrons. The normalized spacial score (nSPS) is 13.1. The van der Waals surface area contributed by atoms with E-state index >= 15 is 0 Å². The van der Waals surface area contributed by atoms with Crippen molar-refractivity contribution < 1.29 is 0 Å². The highest BCUT2D eigenvalue weighted by Gasteiger charge is 2.13. The second kappa shape index (κ2) is 3.53. The van der Waals surface area contributed by atoms with Gasteiger partial charge in [-0.1, -0.05) is 0 Å². The minimum absolute atomic E-state index is 0.170. The Labute approximate surface area is 84.3 Å². The van der Waals surface area contributed by atoms with E-state index in [1.165, 1.54) is 0 Å². The molecule has 0 aromatic carbocycles. The molecule has 0 amide bonds. The molecule has 2 aromatic rings. The lowest BCUT2D eigenvalue weighted by Crippen LogP contribution is -2.12. The van der Waals surface area contributed by atoms with Crippen LogP contribution in [-0.2, 0) is 0 Å². The monoisotopic (exact) mass is 211 g/mol. The Morgan fingerprint density at radius 1 is 1.38 bits per heavy atom. The fourth-order valence-corrected chi connectivity index (χ4v) is 2.29. The van der Waals surface area contributed by atoms with Crippen molar-refractivity contribution in [3.63, 3.8) is 0 Å². The quantitative estimate of drug-likeness (QED) is 0.826. The molecule has 2 N–H and O–H groups in total. The summed E-state index contributed by atoms with van der Waals surface area (Å²) in [5.74, 6) is 0. The summed E-state index contributed by atoms with van der Waals surface area (Å²) in [4.78, 5) is 8.48. The molecular formula is C8H9N3S2. The number of thiazole rings is 2. The standard InChI is InChI=1S/C8H9N3S2/c1-5-11-7(3-13-5)8(9)6-2-12-4-10-6/h2-4,8H,9H2,1H3. The van der Waals surface area contributed by atoms with Crippen LogP contribution in [-0.4, -0.2) is 9.97 Å². The van der Waals surface area contributed by atoms with E-state index in [0.717, 1.165) is 16.4 Å². The zero-order valence-corrected chi connectivity index (χ0v) is 8.73. The average molecular weight is 211 g/mol. The molecule has 0 saturated heterocycles. The van der Waals surface area contributed by atoms with E-state index in [2.05, 4.69) is 9.97 Å². The van der Waals surface area contributed by atoms with Crippen molar-refractivity contribution in [1.29, 1.82) is 0 Å². The molecule has 1 atom stereocenters. The average Bonchev–Trinajstić information content (AvgIpc) is 2.72. The highest BCUT2D eigenvalue weighted by atomic mass is 32.1. The van der Waals surface area contributed by atoms with Crippen molar-refractivity contribution in [1.82, 2.24) is 9.97 Å². The third-order valence-electron chi connectivity index (χ3n) is 1.73. The van der Waals surface area contributed by atoms with Crippen LogP contribution in [0.2, 0.25) is 0 Å². The number of aromatic nitrogens is 2. The summed E-state index contributed by atoms with van der Waals surface area (Å²) in [7, 11) is 0. The predicted octanol–water partition coefficient (Wildman–Crippen LogP) is 1.96. The molecule has 5 heteroatoms. The Kier molecular flexibility index (Phi) is 2.39. The van der Waals surface area contributed by atoms with Crippen molar-refractivity contribution in [2.75, 3.05) is 0 Å². The summed E-state index contributed by atoms with van der Waals surface area (Å²) in [5.41, 5.74) is 9.56. The molecule has 3 nitrogen and oxygen atoms in total. The summed E-state index contributed by atoms with van der Waals surface area (Å²) in [6.07, 6.45) is 0. The van der Waals surface area contributed by atoms with Crippen molar-refractivity contribution in [3.8, 4) is 0 Å². The van der Waals surface area contributed by atoms with E-state index in [9.17, 15) is 0 Å². The Balaban J connectivity index is 2.28. The van der Waals surface area contributed by atoms with Crippen LogP contribution in [0.4, 0.5) is 0 Å². The van der Waals surface area contributed by atoms with E-state index in [4.69, 9.17) is 5.73 Å². The van der Waals surface area contributed by atoms with Crippen LogP contribution in [0.1, 0.15) is 22.4 Å². The molecule has 0 aliphatic heterocycles. The molecule has 0 aliphatic rings. The van der Waals surface area contributed by atoms with E-state index in [-0.39, 0.29) is 6.04 Å². The molecular weight excluding hydrogens is 202 g/mol. The minimum atomic E-state index is -0.170. The second-order valence-electron chi connectivity index (χ2n) is 2.68. The maximum absolute atomic E-state index is 5.96. The van der Waals surface area contributed by atoms with Gasteiger partial charge in [-0.2, -0.15) is 0 Å². The first-order valence-corrected chi connectivity index (χ1v) is 5.65. The van der Waals surface area contributed by atoms with Gasteiger partial charge in [-0.25, -0.2) is 9.97 Å². The third kappa shape index (κ3) is 1.77. The van der Waals surface area contributed by atoms with Crippen LogP contribution in [0.15, 0.2) is 16.3 Å². The lowest BCUT2D eigenvalue weighted by Gasteiger charge is -2.03. The first-order valence-electron chi connectivity index (χ1n) is 3.83. The van der Waals surface area contributed by atoms with Crippen LogP contribution in [0.25, 0.3) is 0 Å². The Hall–Kier alpha value is -0.780. The zero-order chi connectivity index (χ0) is 9.26. The molecule has 2 heterocycles. The summed E-state index contributed by atoms with van der Waals surface area (Å²) in [6.45, 7) is 1.97. The number of aryl methyl sites for hydroxylation is 1. The van der Waals surface area contributed by atoms with Gasteiger partial charge in [0.25, 0.3) is 0 Å². The molecule has 2 rings (SSSR count). The Morgan fingerprint density at radius 2 is 2.23 bits per heavy atom. The summed E-state index contributed by atoms with van der Waals surface area (Å²) < 4.78 is 0. The van der Waals surface area contributed by atoms with Crippen molar-refractivity contribution in [2.45, 2.75) is 13.0 Å². The summed E-state index contributed by atoms with van der Waals surface area (Å²) in [6, 6.07) is -0.170. The summed E-state index contributed by atoms with van der Waals surface area (Å²) in [5, 5.41) is 4.99. The molecule has 0 saturated carbocycles. The minimum Gasteiger partial charge on any atom is -0.318 e. The summed E-state index contributed by atoms with van der Waals surface area (Å²) >= 11 is 3.17. The number of hydrogen-bond acceptors (Lipinski definition) is 5. The predicted molar refractivity (Wildman–Crippen MR) is 55.0 cm³/mol. The van der Waals surface area contributed by atoms with Gasteiger partial charge in [-0.05, 0) is 6.92 Å². The van der Waals surface area contributed by atoms with Gasteiger partial charge in [0.05, 0.1) is 27.9 Å². The zero-order valence-electron chi connectivity index (χ0n) is 7.10. The van der Waals surface area contributed by atoms with Gasteiger partial charge < -0.3 is 5.73 Å². The molecule has 0 radical (unpaired) electrons. The van der Waals surface area contributed by atoms with Crippen molar-refractivity contribution in [3.05, 3.63) is 32.7 Å². The highest BCUT2D eigenvalue weighted by Crippen LogP contribution is 2.20. The van der Waals surface area contributed by atoms with Gasteiger partial charge in [0, 0.05) is 10.8 Å². The van der Waals surface area contributed by atoms with E-state index in [1.807, 2.05) is 17.7 Å². The van der Waals surface area contributed by atoms with Gasteiger partial charge in [-0.15, -0.1) is 22.7 Å². The number of nitrogens with zero attached hydrogens (tertiary/aromatic N) is 2. The van der Waals surface area contributed by atoms with Gasteiger partial charge in [-0.3, -0.25) is 0 Å². The lowest BCUT2D eigenvalue weighted by molar-refractivity contribution is 0.807. The number of hydrogen-bond donors (Lipinski definition) is 1. The van der Waals surface area contributed by atoms with Crippen LogP contribution < -0.4 is 5.73 Å². The number of nitrogens with two attached hydrogens (primary N) is 1. The van der Waals surface area contributed by atoms with Crippen LogP contribution in [0, 0.1) is 6.92 Å². The lowest BCUT2D eigenvalue weighted by atomic mass is 10.2. The Morgan fingerprint density at radius 3 is 2.77 bits per heavy atom. The van der Waals surface area contributed by atoms with Crippen LogP contribution in [0.5, 0.6) is 0 Å². The molecule has 13 heavy (non-hydrogen) atoms. The third-order valence-corrected chi connectivity index (χ3v) is 3.12. The van der Waals surface area contributed by atoms with Gasteiger partial charge in [0.15, 0.2) is 0 Å². The largest absolute Gasteiger partial charge is 0.318 e. The molecule has 1 unspecified atom stereocenters. The topological polar surface area (TPSA) is 51.8 Å². The maximum atomic E-state index is 5.96. The molecule has 0 bridgehead atoms. The second-order valence-corrected chi connectivity index (χ2v) is 4.46. The van der Waals surface area contributed by atoms with E-state index < -0.39 is 0 Å². The van der Waals surface area contributed by atoms with Gasteiger partial charge in [0.2, 0.25) is 0 Å². The Bertz CT molecular complexity index is 380. The van der Waals surface area contributed by atoms with Crippen molar-refractivity contribution >= 4 is 22.7 Å². The highest BCUT2D eigenvalue weighted by molar-refractivity contribution is 7.09. The number of rotatable bonds is 2. The van der Waals surface area contributed by atoms with Gasteiger partial charge in [0.1, 0.15) is 0 Å². The first-order chi connectivity index (χ1) is 6.27. The van der Waals surface area contributed by atoms with Gasteiger partial charge >= 0.3 is 0 Å². The molecule has 0 spiro atoms. The smallest absolute Gasteiger partial charge is 0.0917 e. The van der Waals surface area contributed by atoms with Crippen LogP contribution in [0.3, 0.4) is 0 Å². The first kappa shape index (κ1) is 8.80.